The fourth-order valence-electron chi connectivity index (χ4n) is 3.42. The summed E-state index contributed by atoms with van der Waals surface area (Å²) in [7, 11) is 3.74. The van der Waals surface area contributed by atoms with Crippen LogP contribution in [-0.2, 0) is 23.8 Å². The molecule has 14 heteroatoms. The minimum Gasteiger partial charge on any atom is -0.493 e. The maximum absolute atomic E-state index is 12.1. The van der Waals surface area contributed by atoms with Crippen molar-refractivity contribution >= 4 is 17.9 Å². The fourth-order valence-corrected chi connectivity index (χ4v) is 3.42. The minimum absolute atomic E-state index is 0.00481. The molecule has 5 N–H and O–H groups in total. The summed E-state index contributed by atoms with van der Waals surface area (Å²) in [6, 6.07) is 2.57. The molecule has 1 unspecified atom stereocenters. The Balaban J connectivity index is 2.18. The Labute approximate surface area is 205 Å². The zero-order valence-electron chi connectivity index (χ0n) is 20.1. The van der Waals surface area contributed by atoms with E-state index in [1.54, 1.807) is 0 Å². The third kappa shape index (κ3) is 7.18. The quantitative estimate of drug-likeness (QED) is 0.219. The van der Waals surface area contributed by atoms with Gasteiger partial charge in [-0.05, 0) is 19.1 Å². The largest absolute Gasteiger partial charge is 0.493 e. The summed E-state index contributed by atoms with van der Waals surface area (Å²) in [6.07, 6.45) is -9.61. The Morgan fingerprint density at radius 2 is 1.56 bits per heavy atom. The molecule has 0 aromatic heterocycles. The normalized spacial score (nSPS) is 25.3. The molecule has 1 aromatic carbocycles. The van der Waals surface area contributed by atoms with Crippen molar-refractivity contribution in [1.82, 2.24) is 0 Å². The summed E-state index contributed by atoms with van der Waals surface area (Å²) >= 11 is 0. The van der Waals surface area contributed by atoms with Gasteiger partial charge in [-0.25, -0.2) is 4.79 Å². The number of esters is 2. The predicted octanol–water partition coefficient (Wildman–Crippen LogP) is -1.16. The molecule has 1 saturated heterocycles. The van der Waals surface area contributed by atoms with Gasteiger partial charge < -0.3 is 54.0 Å². The lowest BCUT2D eigenvalue weighted by Gasteiger charge is -2.40. The molecule has 0 amide bonds. The van der Waals surface area contributed by atoms with E-state index in [4.69, 9.17) is 28.8 Å². The van der Waals surface area contributed by atoms with Crippen LogP contribution in [0.2, 0.25) is 0 Å². The second kappa shape index (κ2) is 12.2. The van der Waals surface area contributed by atoms with Gasteiger partial charge in [0, 0.05) is 0 Å². The number of carbonyl (C=O) groups is 3. The van der Waals surface area contributed by atoms with Gasteiger partial charge in [-0.3, -0.25) is 9.59 Å². The predicted molar refractivity (Wildman–Crippen MR) is 117 cm³/mol. The minimum atomic E-state index is -1.88. The lowest BCUT2D eigenvalue weighted by Crippen LogP contribution is -2.60. The van der Waals surface area contributed by atoms with Gasteiger partial charge >= 0.3 is 17.9 Å². The summed E-state index contributed by atoms with van der Waals surface area (Å²) in [5.74, 6) is -3.11. The number of rotatable bonds is 11. The molecule has 0 bridgehead atoms. The van der Waals surface area contributed by atoms with Crippen LogP contribution in [0, 0.1) is 0 Å². The number of hydrogen-bond donors (Lipinski definition) is 5. The van der Waals surface area contributed by atoms with E-state index in [9.17, 15) is 34.8 Å². The van der Waals surface area contributed by atoms with Gasteiger partial charge in [-0.2, -0.15) is 0 Å². The van der Waals surface area contributed by atoms with Crippen molar-refractivity contribution < 1.29 is 68.3 Å². The van der Waals surface area contributed by atoms with Gasteiger partial charge in [-0.1, -0.05) is 0 Å². The Hall–Kier alpha value is -3.17. The van der Waals surface area contributed by atoms with E-state index in [2.05, 4.69) is 4.74 Å². The smallest absolute Gasteiger partial charge is 0.338 e. The second-order valence-corrected chi connectivity index (χ2v) is 8.26. The van der Waals surface area contributed by atoms with E-state index < -0.39 is 73.7 Å². The number of carbonyl (C=O) groups excluding carboxylic acids is 2. The monoisotopic (exact) mass is 518 g/mol. The molecule has 0 spiro atoms. The summed E-state index contributed by atoms with van der Waals surface area (Å²) in [6.45, 7) is 0.521. The first kappa shape index (κ1) is 29.1. The van der Waals surface area contributed by atoms with Gasteiger partial charge in [0.2, 0.25) is 12.0 Å². The maximum atomic E-state index is 12.1. The van der Waals surface area contributed by atoms with Gasteiger partial charge in [0.05, 0.1) is 45.3 Å². The number of ether oxygens (including phenoxy) is 6. The van der Waals surface area contributed by atoms with Crippen LogP contribution >= 0.6 is 0 Å². The highest BCUT2D eigenvalue weighted by Crippen LogP contribution is 2.40. The SMILES string of the molecule is COC(=O)c1cc(OC)c(O[C@@H]2O[C@H](COC(=O)CC(C)(O)CC(=O)O)[C@@H](O)[C@H](O)[C@H]2O)c(OC)c1. The number of aliphatic carboxylic acids is 1. The number of aliphatic hydroxyl groups is 4. The van der Waals surface area contributed by atoms with Crippen molar-refractivity contribution in [3.8, 4) is 17.2 Å². The van der Waals surface area contributed by atoms with E-state index in [-0.39, 0.29) is 22.8 Å². The van der Waals surface area contributed by atoms with Crippen LogP contribution in [0.25, 0.3) is 0 Å². The Bertz CT molecular complexity index is 920. The first-order valence-electron chi connectivity index (χ1n) is 10.6. The molecular formula is C22H30O14. The van der Waals surface area contributed by atoms with Gasteiger partial charge in [0.25, 0.3) is 0 Å². The van der Waals surface area contributed by atoms with Crippen molar-refractivity contribution in [2.75, 3.05) is 27.9 Å². The lowest BCUT2D eigenvalue weighted by atomic mass is 9.98. The van der Waals surface area contributed by atoms with Crippen molar-refractivity contribution in [3.63, 3.8) is 0 Å². The number of hydrogen-bond acceptors (Lipinski definition) is 13. The number of methoxy groups -OCH3 is 3. The van der Waals surface area contributed by atoms with Crippen LogP contribution in [-0.4, -0.2) is 108 Å². The highest BCUT2D eigenvalue weighted by molar-refractivity contribution is 5.91. The van der Waals surface area contributed by atoms with E-state index in [0.717, 1.165) is 6.92 Å². The van der Waals surface area contributed by atoms with E-state index in [1.165, 1.54) is 33.5 Å². The Morgan fingerprint density at radius 1 is 0.972 bits per heavy atom. The molecule has 14 nitrogen and oxygen atoms in total. The van der Waals surface area contributed by atoms with Crippen LogP contribution in [0.15, 0.2) is 12.1 Å². The standard InChI is InChI=1S/C22H30O14/c1-22(30,7-14(23)24)8-15(25)34-9-13-16(26)17(27)18(28)21(35-13)36-19-11(31-2)5-10(20(29)33-4)6-12(19)32-3/h5-6,13,16-18,21,26-28,30H,7-9H2,1-4H3,(H,23,24)/t13-,16-,17+,18-,21+,22?/m1/s1. The molecule has 36 heavy (non-hydrogen) atoms. The molecule has 0 aliphatic carbocycles. The van der Waals surface area contributed by atoms with Crippen molar-refractivity contribution in [2.24, 2.45) is 0 Å². The molecule has 1 aliphatic rings. The number of carboxylic acids is 1. The maximum Gasteiger partial charge on any atom is 0.338 e. The van der Waals surface area contributed by atoms with Crippen molar-refractivity contribution in [1.29, 1.82) is 0 Å². The average Bonchev–Trinajstić information content (AvgIpc) is 2.81. The van der Waals surface area contributed by atoms with Crippen LogP contribution in [0.4, 0.5) is 0 Å². The van der Waals surface area contributed by atoms with E-state index in [1.807, 2.05) is 0 Å². The first-order valence-corrected chi connectivity index (χ1v) is 10.6. The molecule has 1 aromatic rings. The molecule has 1 heterocycles. The van der Waals surface area contributed by atoms with Crippen molar-refractivity contribution in [3.05, 3.63) is 17.7 Å². The third-order valence-electron chi connectivity index (χ3n) is 5.25. The zero-order chi connectivity index (χ0) is 27.2. The lowest BCUT2D eigenvalue weighted by molar-refractivity contribution is -0.279. The zero-order valence-corrected chi connectivity index (χ0v) is 20.1. The molecule has 6 atom stereocenters. The summed E-state index contributed by atoms with van der Waals surface area (Å²) in [5, 5.41) is 49.7. The van der Waals surface area contributed by atoms with Gasteiger partial charge in [0.1, 0.15) is 31.0 Å². The molecule has 2 rings (SSSR count). The molecule has 202 valence electrons. The molecule has 0 saturated carbocycles. The Morgan fingerprint density at radius 3 is 2.06 bits per heavy atom. The molecular weight excluding hydrogens is 488 g/mol. The first-order chi connectivity index (χ1) is 16.8. The number of aliphatic hydroxyl groups excluding tert-OH is 3. The molecule has 1 aliphatic heterocycles. The van der Waals surface area contributed by atoms with E-state index in [0.29, 0.717) is 0 Å². The molecule has 1 fully saturated rings. The average molecular weight is 518 g/mol. The third-order valence-corrected chi connectivity index (χ3v) is 5.25. The van der Waals surface area contributed by atoms with E-state index >= 15 is 0 Å². The summed E-state index contributed by atoms with van der Waals surface area (Å²) in [5.41, 5.74) is -1.80. The summed E-state index contributed by atoms with van der Waals surface area (Å²) < 4.78 is 31.3. The van der Waals surface area contributed by atoms with Crippen LogP contribution < -0.4 is 14.2 Å². The highest BCUT2D eigenvalue weighted by atomic mass is 16.7. The highest BCUT2D eigenvalue weighted by Gasteiger charge is 2.46. The van der Waals surface area contributed by atoms with Crippen LogP contribution in [0.3, 0.4) is 0 Å². The Kier molecular flexibility index (Phi) is 9.84. The number of benzene rings is 1. The number of carboxylic acid groups (broad SMARTS) is 1. The topological polar surface area (TPSA) is 208 Å². The van der Waals surface area contributed by atoms with Gasteiger partial charge in [-0.15, -0.1) is 0 Å². The molecule has 0 radical (unpaired) electrons. The van der Waals surface area contributed by atoms with Gasteiger partial charge in [0.15, 0.2) is 11.5 Å². The van der Waals surface area contributed by atoms with Crippen LogP contribution in [0.1, 0.15) is 30.1 Å². The van der Waals surface area contributed by atoms with Crippen LogP contribution in [0.5, 0.6) is 17.2 Å². The van der Waals surface area contributed by atoms with Crippen molar-refractivity contribution in [2.45, 2.75) is 56.1 Å². The second-order valence-electron chi connectivity index (χ2n) is 8.26. The summed E-state index contributed by atoms with van der Waals surface area (Å²) in [4.78, 5) is 34.8. The fraction of sp³-hybridized carbons (Fsp3) is 0.591.